The molecule has 0 bridgehead atoms. The molecule has 9 heteroatoms. The molecule has 0 aliphatic heterocycles. The average Bonchev–Trinajstić information content (AvgIpc) is 2.72. The van der Waals surface area contributed by atoms with E-state index in [1.54, 1.807) is 12.1 Å². The number of rotatable bonds is 10. The molecule has 0 unspecified atom stereocenters. The molecule has 0 saturated heterocycles. The number of nitrogens with zero attached hydrogens (tertiary/aromatic N) is 1. The van der Waals surface area contributed by atoms with Crippen molar-refractivity contribution in [3.63, 3.8) is 0 Å². The summed E-state index contributed by atoms with van der Waals surface area (Å²) in [4.78, 5) is 12.8. The van der Waals surface area contributed by atoms with Crippen molar-refractivity contribution in [2.45, 2.75) is 26.4 Å². The highest BCUT2D eigenvalue weighted by atomic mass is 32.2. The van der Waals surface area contributed by atoms with Crippen LogP contribution in [0.3, 0.4) is 0 Å². The lowest BCUT2D eigenvalue weighted by molar-refractivity contribution is -0.122. The monoisotopic (exact) mass is 436 g/mol. The van der Waals surface area contributed by atoms with Gasteiger partial charge in [-0.25, -0.2) is 8.42 Å². The van der Waals surface area contributed by atoms with Gasteiger partial charge in [0.25, 0.3) is 0 Å². The van der Waals surface area contributed by atoms with Gasteiger partial charge in [0, 0.05) is 18.2 Å². The summed E-state index contributed by atoms with van der Waals surface area (Å²) in [6.45, 7) is 4.12. The van der Waals surface area contributed by atoms with Gasteiger partial charge in [0.15, 0.2) is 11.5 Å². The van der Waals surface area contributed by atoms with Gasteiger partial charge in [0.2, 0.25) is 15.9 Å². The number of benzene rings is 2. The summed E-state index contributed by atoms with van der Waals surface area (Å²) in [7, 11) is -0.810. The predicted octanol–water partition coefficient (Wildman–Crippen LogP) is 2.57. The van der Waals surface area contributed by atoms with Crippen molar-refractivity contribution in [3.05, 3.63) is 48.0 Å². The normalized spacial score (nSPS) is 12.0. The van der Waals surface area contributed by atoms with Crippen molar-refractivity contribution in [2.24, 2.45) is 0 Å². The van der Waals surface area contributed by atoms with Gasteiger partial charge in [-0.3, -0.25) is 9.10 Å². The highest BCUT2D eigenvalue weighted by molar-refractivity contribution is 7.92. The summed E-state index contributed by atoms with van der Waals surface area (Å²) < 4.78 is 42.1. The maximum atomic E-state index is 12.8. The van der Waals surface area contributed by atoms with Crippen molar-refractivity contribution in [3.8, 4) is 17.2 Å². The van der Waals surface area contributed by atoms with E-state index in [0.29, 0.717) is 29.5 Å². The number of ether oxygens (including phenoxy) is 3. The summed E-state index contributed by atoms with van der Waals surface area (Å²) in [5.74, 6) is 1.05. The van der Waals surface area contributed by atoms with Gasteiger partial charge in [0.05, 0.1) is 32.8 Å². The third-order valence-electron chi connectivity index (χ3n) is 4.44. The molecule has 1 N–H and O–H groups in total. The number of carbonyl (C=O) groups is 1. The number of amides is 1. The van der Waals surface area contributed by atoms with Crippen LogP contribution < -0.4 is 23.8 Å². The van der Waals surface area contributed by atoms with Crippen LogP contribution in [0.15, 0.2) is 42.5 Å². The minimum absolute atomic E-state index is 0.211. The van der Waals surface area contributed by atoms with E-state index >= 15 is 0 Å². The fourth-order valence-electron chi connectivity index (χ4n) is 3.05. The first-order valence-electron chi connectivity index (χ1n) is 9.42. The van der Waals surface area contributed by atoms with Crippen LogP contribution >= 0.6 is 0 Å². The molecule has 0 spiro atoms. The van der Waals surface area contributed by atoms with E-state index in [1.807, 2.05) is 31.2 Å². The Morgan fingerprint density at radius 2 is 1.73 bits per heavy atom. The number of sulfonamides is 1. The van der Waals surface area contributed by atoms with Crippen LogP contribution in [-0.2, 0) is 21.4 Å². The third-order valence-corrected chi connectivity index (χ3v) is 5.68. The molecule has 2 rings (SSSR count). The number of nitrogens with one attached hydrogen (secondary N) is 1. The molecule has 0 heterocycles. The Labute approximate surface area is 177 Å². The zero-order chi connectivity index (χ0) is 22.3. The summed E-state index contributed by atoms with van der Waals surface area (Å²) in [6.07, 6.45) is 1.05. The van der Waals surface area contributed by atoms with E-state index in [4.69, 9.17) is 14.2 Å². The number of methoxy groups -OCH3 is 2. The summed E-state index contributed by atoms with van der Waals surface area (Å²) >= 11 is 0. The first kappa shape index (κ1) is 23.3. The predicted molar refractivity (Wildman–Crippen MR) is 116 cm³/mol. The van der Waals surface area contributed by atoms with Crippen molar-refractivity contribution in [2.75, 3.05) is 31.4 Å². The van der Waals surface area contributed by atoms with Crippen LogP contribution in [0, 0.1) is 0 Å². The number of hydrogen-bond donors (Lipinski definition) is 1. The molecule has 1 atom stereocenters. The Hall–Kier alpha value is -2.94. The molecule has 0 aromatic heterocycles. The van der Waals surface area contributed by atoms with Crippen LogP contribution in [-0.4, -0.2) is 47.4 Å². The largest absolute Gasteiger partial charge is 0.494 e. The van der Waals surface area contributed by atoms with E-state index in [1.165, 1.54) is 27.2 Å². The molecule has 1 amide bonds. The molecule has 30 heavy (non-hydrogen) atoms. The number of anilines is 1. The molecule has 0 saturated carbocycles. The SMILES string of the molecule is CCOc1ccccc1CNC(=O)[C@H](C)N(c1ccc(OC)c(OC)c1)S(C)(=O)=O. The molecule has 2 aromatic rings. The van der Waals surface area contributed by atoms with Gasteiger partial charge < -0.3 is 19.5 Å². The molecule has 164 valence electrons. The zero-order valence-electron chi connectivity index (χ0n) is 17.8. The Morgan fingerprint density at radius 3 is 2.33 bits per heavy atom. The van der Waals surface area contributed by atoms with Crippen LogP contribution in [0.1, 0.15) is 19.4 Å². The van der Waals surface area contributed by atoms with Crippen LogP contribution in [0.4, 0.5) is 5.69 Å². The second kappa shape index (κ2) is 10.2. The highest BCUT2D eigenvalue weighted by Crippen LogP contribution is 2.33. The fourth-order valence-corrected chi connectivity index (χ4v) is 4.21. The van der Waals surface area contributed by atoms with Gasteiger partial charge in [-0.1, -0.05) is 18.2 Å². The van der Waals surface area contributed by atoms with Gasteiger partial charge in [0.1, 0.15) is 11.8 Å². The lowest BCUT2D eigenvalue weighted by Crippen LogP contribution is -2.47. The number of hydrogen-bond acceptors (Lipinski definition) is 6. The molecule has 0 aliphatic carbocycles. The Bertz CT molecular complexity index is 977. The standard InChI is InChI=1S/C21H28N2O6S/c1-6-29-18-10-8-7-9-16(18)14-22-21(24)15(2)23(30(5,25)26)17-11-12-19(27-3)20(13-17)28-4/h7-13,15H,6,14H2,1-5H3,(H,22,24)/t15-/m0/s1. The van der Waals surface area contributed by atoms with Crippen molar-refractivity contribution in [1.82, 2.24) is 5.32 Å². The first-order chi connectivity index (χ1) is 14.2. The topological polar surface area (TPSA) is 94.2 Å². The fraction of sp³-hybridized carbons (Fsp3) is 0.381. The Balaban J connectivity index is 2.26. The second-order valence-electron chi connectivity index (χ2n) is 6.53. The molecular formula is C21H28N2O6S. The van der Waals surface area contributed by atoms with Gasteiger partial charge in [-0.2, -0.15) is 0 Å². The minimum atomic E-state index is -3.76. The third kappa shape index (κ3) is 5.56. The average molecular weight is 437 g/mol. The molecule has 0 fully saturated rings. The van der Waals surface area contributed by atoms with Gasteiger partial charge in [-0.05, 0) is 32.0 Å². The molecule has 8 nitrogen and oxygen atoms in total. The smallest absolute Gasteiger partial charge is 0.243 e. The lowest BCUT2D eigenvalue weighted by Gasteiger charge is -2.28. The number of para-hydroxylation sites is 1. The highest BCUT2D eigenvalue weighted by Gasteiger charge is 2.29. The summed E-state index contributed by atoms with van der Waals surface area (Å²) in [5, 5.41) is 2.79. The lowest BCUT2D eigenvalue weighted by atomic mass is 10.2. The van der Waals surface area contributed by atoms with E-state index in [-0.39, 0.29) is 6.54 Å². The maximum Gasteiger partial charge on any atom is 0.243 e. The Morgan fingerprint density at radius 1 is 1.07 bits per heavy atom. The zero-order valence-corrected chi connectivity index (χ0v) is 18.7. The summed E-state index contributed by atoms with van der Waals surface area (Å²) in [6, 6.07) is 11.1. The van der Waals surface area contributed by atoms with Gasteiger partial charge in [-0.15, -0.1) is 0 Å². The summed E-state index contributed by atoms with van der Waals surface area (Å²) in [5.41, 5.74) is 1.10. The quantitative estimate of drug-likeness (QED) is 0.615. The van der Waals surface area contributed by atoms with Crippen LogP contribution in [0.5, 0.6) is 17.2 Å². The first-order valence-corrected chi connectivity index (χ1v) is 11.3. The minimum Gasteiger partial charge on any atom is -0.494 e. The van der Waals surface area contributed by atoms with E-state index in [0.717, 1.165) is 16.1 Å². The molecule has 2 aromatic carbocycles. The van der Waals surface area contributed by atoms with E-state index < -0.39 is 22.0 Å². The van der Waals surface area contributed by atoms with Crippen LogP contribution in [0.2, 0.25) is 0 Å². The van der Waals surface area contributed by atoms with Crippen molar-refractivity contribution < 1.29 is 27.4 Å². The van der Waals surface area contributed by atoms with Crippen LogP contribution in [0.25, 0.3) is 0 Å². The Kier molecular flexibility index (Phi) is 7.93. The van der Waals surface area contributed by atoms with E-state index in [2.05, 4.69) is 5.32 Å². The molecular weight excluding hydrogens is 408 g/mol. The molecule has 0 radical (unpaired) electrons. The second-order valence-corrected chi connectivity index (χ2v) is 8.39. The molecule has 0 aliphatic rings. The van der Waals surface area contributed by atoms with Gasteiger partial charge >= 0.3 is 0 Å². The van der Waals surface area contributed by atoms with Crippen molar-refractivity contribution in [1.29, 1.82) is 0 Å². The maximum absolute atomic E-state index is 12.8. The van der Waals surface area contributed by atoms with E-state index in [9.17, 15) is 13.2 Å². The number of carbonyl (C=O) groups excluding carboxylic acids is 1. The van der Waals surface area contributed by atoms with Crippen molar-refractivity contribution >= 4 is 21.6 Å².